The minimum absolute atomic E-state index is 0.0592. The van der Waals surface area contributed by atoms with Gasteiger partial charge in [0.05, 0.1) is 11.5 Å². The number of benzene rings is 2. The number of β-lactam (4-membered cyclic amide) rings is 1. The molecule has 0 bridgehead atoms. The fourth-order valence-corrected chi connectivity index (χ4v) is 4.99. The van der Waals surface area contributed by atoms with E-state index in [1.54, 1.807) is 11.0 Å². The largest absolute Gasteiger partial charge is 0.303 e. The molecule has 4 nitrogen and oxygen atoms in total. The Hall–Kier alpha value is -3.05. The molecule has 2 aliphatic heterocycles. The van der Waals surface area contributed by atoms with Crippen molar-refractivity contribution in [3.05, 3.63) is 96.1 Å². The molecule has 1 unspecified atom stereocenters. The number of anilines is 1. The van der Waals surface area contributed by atoms with Crippen molar-refractivity contribution in [2.75, 3.05) is 18.0 Å². The van der Waals surface area contributed by atoms with Gasteiger partial charge >= 0.3 is 0 Å². The van der Waals surface area contributed by atoms with Crippen molar-refractivity contribution < 1.29 is 9.18 Å². The molecule has 1 atom stereocenters. The Morgan fingerprint density at radius 3 is 2.40 bits per heavy atom. The summed E-state index contributed by atoms with van der Waals surface area (Å²) in [5, 5.41) is 0. The van der Waals surface area contributed by atoms with E-state index in [2.05, 4.69) is 22.0 Å². The molecule has 0 radical (unpaired) electrons. The summed E-state index contributed by atoms with van der Waals surface area (Å²) >= 11 is 0. The van der Waals surface area contributed by atoms with Gasteiger partial charge in [-0.05, 0) is 67.4 Å². The third-order valence-corrected chi connectivity index (χ3v) is 6.53. The predicted octanol–water partition coefficient (Wildman–Crippen LogP) is 4.59. The summed E-state index contributed by atoms with van der Waals surface area (Å²) in [4.78, 5) is 21.8. The first-order valence-corrected chi connectivity index (χ1v) is 10.4. The number of pyridine rings is 1. The van der Waals surface area contributed by atoms with Gasteiger partial charge in [-0.25, -0.2) is 4.39 Å². The van der Waals surface area contributed by atoms with Crippen LogP contribution in [0.1, 0.15) is 30.0 Å². The Labute approximate surface area is 176 Å². The van der Waals surface area contributed by atoms with Crippen LogP contribution in [0.5, 0.6) is 0 Å². The second-order valence-electron chi connectivity index (χ2n) is 8.26. The minimum Gasteiger partial charge on any atom is -0.303 e. The van der Waals surface area contributed by atoms with E-state index < -0.39 is 5.41 Å². The number of halogens is 1. The fourth-order valence-electron chi connectivity index (χ4n) is 4.99. The number of carbonyl (C=O) groups is 1. The first-order chi connectivity index (χ1) is 14.7. The van der Waals surface area contributed by atoms with E-state index in [0.717, 1.165) is 38.0 Å². The highest BCUT2D eigenvalue weighted by atomic mass is 19.1. The summed E-state index contributed by atoms with van der Waals surface area (Å²) in [6.45, 7) is 2.61. The number of amides is 1. The van der Waals surface area contributed by atoms with Crippen LogP contribution in [-0.2, 0) is 11.3 Å². The topological polar surface area (TPSA) is 36.4 Å². The van der Waals surface area contributed by atoms with E-state index in [4.69, 9.17) is 0 Å². The number of aromatic nitrogens is 1. The zero-order valence-corrected chi connectivity index (χ0v) is 16.7. The normalized spacial score (nSPS) is 20.9. The summed E-state index contributed by atoms with van der Waals surface area (Å²) in [5.74, 6) is -0.203. The number of likely N-dealkylation sites (tertiary alicyclic amines) is 1. The molecular formula is C25H24FN3O. The van der Waals surface area contributed by atoms with E-state index in [-0.39, 0.29) is 17.8 Å². The number of hydrogen-bond acceptors (Lipinski definition) is 3. The zero-order chi connectivity index (χ0) is 20.6. The maximum absolute atomic E-state index is 13.9. The second kappa shape index (κ2) is 7.65. The van der Waals surface area contributed by atoms with E-state index in [1.807, 2.05) is 48.8 Å². The summed E-state index contributed by atoms with van der Waals surface area (Å²) in [6.07, 6.45) is 5.25. The van der Waals surface area contributed by atoms with Crippen molar-refractivity contribution in [3.8, 4) is 0 Å². The van der Waals surface area contributed by atoms with Crippen LogP contribution in [0, 0.1) is 11.2 Å². The first-order valence-electron chi connectivity index (χ1n) is 10.4. The molecule has 2 fully saturated rings. The molecule has 2 aromatic carbocycles. The standard InChI is InChI=1S/C25H24FN3O/c26-21-7-4-8-22(17-21)29-23(20-5-2-1-3-6-20)25(24(29)30)11-15-28(16-12-25)18-19-9-13-27-14-10-19/h1-10,13-14,17,23H,11-12,15-16,18H2. The van der Waals surface area contributed by atoms with Gasteiger partial charge in [0.1, 0.15) is 5.82 Å². The van der Waals surface area contributed by atoms with Gasteiger partial charge < -0.3 is 4.90 Å². The highest BCUT2D eigenvalue weighted by Crippen LogP contribution is 2.57. The molecular weight excluding hydrogens is 377 g/mol. The molecule has 3 heterocycles. The van der Waals surface area contributed by atoms with Crippen molar-refractivity contribution in [3.63, 3.8) is 0 Å². The van der Waals surface area contributed by atoms with Gasteiger partial charge in [-0.15, -0.1) is 0 Å². The van der Waals surface area contributed by atoms with Crippen molar-refractivity contribution in [2.24, 2.45) is 5.41 Å². The number of nitrogens with zero attached hydrogens (tertiary/aromatic N) is 3. The third-order valence-electron chi connectivity index (χ3n) is 6.53. The zero-order valence-electron chi connectivity index (χ0n) is 16.7. The average molecular weight is 401 g/mol. The Morgan fingerprint density at radius 2 is 1.70 bits per heavy atom. The molecule has 2 saturated heterocycles. The number of piperidine rings is 1. The summed E-state index contributed by atoms with van der Waals surface area (Å²) in [7, 11) is 0. The van der Waals surface area contributed by atoms with Gasteiger partial charge in [-0.3, -0.25) is 14.7 Å². The predicted molar refractivity (Wildman–Crippen MR) is 114 cm³/mol. The number of carbonyl (C=O) groups excluding carboxylic acids is 1. The first kappa shape index (κ1) is 18.9. The van der Waals surface area contributed by atoms with Crippen LogP contribution in [0.4, 0.5) is 10.1 Å². The fraction of sp³-hybridized carbons (Fsp3) is 0.280. The van der Waals surface area contributed by atoms with Crippen molar-refractivity contribution >= 4 is 11.6 Å². The quantitative estimate of drug-likeness (QED) is 0.600. The highest BCUT2D eigenvalue weighted by Gasteiger charge is 2.61. The average Bonchev–Trinajstić information content (AvgIpc) is 2.79. The van der Waals surface area contributed by atoms with Crippen LogP contribution >= 0.6 is 0 Å². The van der Waals surface area contributed by atoms with Crippen LogP contribution in [0.2, 0.25) is 0 Å². The van der Waals surface area contributed by atoms with Crippen LogP contribution in [-0.4, -0.2) is 28.9 Å². The molecule has 1 spiro atoms. The number of hydrogen-bond donors (Lipinski definition) is 0. The van der Waals surface area contributed by atoms with Crippen molar-refractivity contribution in [1.29, 1.82) is 0 Å². The molecule has 5 heteroatoms. The lowest BCUT2D eigenvalue weighted by Crippen LogP contribution is -2.66. The van der Waals surface area contributed by atoms with Crippen LogP contribution in [0.15, 0.2) is 79.1 Å². The molecule has 3 aromatic rings. The molecule has 1 aromatic heterocycles. The van der Waals surface area contributed by atoms with Gasteiger partial charge in [0.2, 0.25) is 5.91 Å². The third kappa shape index (κ3) is 3.19. The summed E-state index contributed by atoms with van der Waals surface area (Å²) in [6, 6.07) is 20.5. The van der Waals surface area contributed by atoms with Crippen molar-refractivity contribution in [2.45, 2.75) is 25.4 Å². The Morgan fingerprint density at radius 1 is 0.967 bits per heavy atom. The number of rotatable bonds is 4. The van der Waals surface area contributed by atoms with E-state index in [0.29, 0.717) is 5.69 Å². The van der Waals surface area contributed by atoms with E-state index in [1.165, 1.54) is 17.7 Å². The summed E-state index contributed by atoms with van der Waals surface area (Å²) in [5.41, 5.74) is 2.58. The lowest BCUT2D eigenvalue weighted by molar-refractivity contribution is -0.145. The summed E-state index contributed by atoms with van der Waals surface area (Å²) < 4.78 is 13.9. The minimum atomic E-state index is -0.414. The van der Waals surface area contributed by atoms with Crippen molar-refractivity contribution in [1.82, 2.24) is 9.88 Å². The van der Waals surface area contributed by atoms with E-state index in [9.17, 15) is 9.18 Å². The lowest BCUT2D eigenvalue weighted by atomic mass is 9.62. The van der Waals surface area contributed by atoms with Gasteiger partial charge in [-0.2, -0.15) is 0 Å². The van der Waals surface area contributed by atoms with Gasteiger partial charge in [0.15, 0.2) is 0 Å². The van der Waals surface area contributed by atoms with Gasteiger partial charge in [0, 0.05) is 24.6 Å². The van der Waals surface area contributed by atoms with Gasteiger partial charge in [0.25, 0.3) is 0 Å². The van der Waals surface area contributed by atoms with Crippen LogP contribution in [0.3, 0.4) is 0 Å². The molecule has 1 amide bonds. The molecule has 0 N–H and O–H groups in total. The molecule has 30 heavy (non-hydrogen) atoms. The highest BCUT2D eigenvalue weighted by molar-refractivity contribution is 6.06. The Balaban J connectivity index is 1.41. The maximum Gasteiger partial charge on any atom is 0.236 e. The maximum atomic E-state index is 13.9. The lowest BCUT2D eigenvalue weighted by Gasteiger charge is -2.59. The molecule has 5 rings (SSSR count). The Kier molecular flexibility index (Phi) is 4.83. The van der Waals surface area contributed by atoms with Crippen LogP contribution in [0.25, 0.3) is 0 Å². The van der Waals surface area contributed by atoms with E-state index >= 15 is 0 Å². The molecule has 0 aliphatic carbocycles. The Bertz CT molecular complexity index is 1030. The van der Waals surface area contributed by atoms with Crippen LogP contribution < -0.4 is 4.90 Å². The molecule has 2 aliphatic rings. The second-order valence-corrected chi connectivity index (χ2v) is 8.26. The monoisotopic (exact) mass is 401 g/mol. The van der Waals surface area contributed by atoms with Gasteiger partial charge in [-0.1, -0.05) is 36.4 Å². The molecule has 0 saturated carbocycles. The smallest absolute Gasteiger partial charge is 0.236 e. The SMILES string of the molecule is O=C1N(c2cccc(F)c2)C(c2ccccc2)C12CCN(Cc1ccncc1)CC2. The molecule has 152 valence electrons.